The largest absolute Gasteiger partial charge is 0.382 e. The summed E-state index contributed by atoms with van der Waals surface area (Å²) in [6, 6.07) is 4.82. The fraction of sp³-hybridized carbons (Fsp3) is 0.154. The summed E-state index contributed by atoms with van der Waals surface area (Å²) in [6.07, 6.45) is 4.20. The molecule has 3 aromatic rings. The molecule has 108 valence electrons. The lowest BCUT2D eigenvalue weighted by molar-refractivity contribution is 0.602. The highest BCUT2D eigenvalue weighted by atomic mass is 32.2. The maximum absolute atomic E-state index is 11.6. The molecule has 3 rings (SSSR count). The number of fused-ring (bicyclic) bond motifs is 1. The van der Waals surface area contributed by atoms with Crippen molar-refractivity contribution in [3.63, 3.8) is 0 Å². The molecule has 0 unspecified atom stereocenters. The van der Waals surface area contributed by atoms with E-state index in [1.807, 2.05) is 11.6 Å². The number of aromatic nitrogens is 4. The average Bonchev–Trinajstić information content (AvgIpc) is 2.75. The summed E-state index contributed by atoms with van der Waals surface area (Å²) in [6.45, 7) is 0. The zero-order valence-corrected chi connectivity index (χ0v) is 12.3. The second kappa shape index (κ2) is 4.52. The summed E-state index contributed by atoms with van der Waals surface area (Å²) in [4.78, 5) is 12.8. The van der Waals surface area contributed by atoms with E-state index in [1.165, 1.54) is 18.6 Å². The topological polar surface area (TPSA) is 104 Å². The predicted octanol–water partition coefficient (Wildman–Crippen LogP) is 1.02. The SMILES string of the molecule is Cn1c(-c2nccnc2N)nc2cc(S(C)(=O)=O)ccc21. The van der Waals surface area contributed by atoms with Crippen molar-refractivity contribution in [1.82, 2.24) is 19.5 Å². The van der Waals surface area contributed by atoms with Crippen molar-refractivity contribution in [2.24, 2.45) is 7.05 Å². The van der Waals surface area contributed by atoms with Gasteiger partial charge in [0.05, 0.1) is 15.9 Å². The van der Waals surface area contributed by atoms with E-state index in [1.54, 1.807) is 18.2 Å². The minimum absolute atomic E-state index is 0.228. The first kappa shape index (κ1) is 13.5. The molecule has 0 bridgehead atoms. The third kappa shape index (κ3) is 2.23. The highest BCUT2D eigenvalue weighted by Crippen LogP contribution is 2.26. The third-order valence-electron chi connectivity index (χ3n) is 3.22. The Morgan fingerprint density at radius 3 is 2.57 bits per heavy atom. The quantitative estimate of drug-likeness (QED) is 0.758. The average molecular weight is 303 g/mol. The zero-order valence-electron chi connectivity index (χ0n) is 11.5. The number of nitrogens with two attached hydrogens (primary N) is 1. The molecule has 0 aliphatic heterocycles. The van der Waals surface area contributed by atoms with Crippen LogP contribution in [0.1, 0.15) is 0 Å². The van der Waals surface area contributed by atoms with Crippen LogP contribution in [0.5, 0.6) is 0 Å². The first-order valence-electron chi connectivity index (χ1n) is 6.11. The van der Waals surface area contributed by atoms with Crippen LogP contribution in [0, 0.1) is 0 Å². The first-order valence-corrected chi connectivity index (χ1v) is 8.00. The van der Waals surface area contributed by atoms with Crippen molar-refractivity contribution in [2.45, 2.75) is 4.90 Å². The lowest BCUT2D eigenvalue weighted by Crippen LogP contribution is -2.00. The van der Waals surface area contributed by atoms with Crippen LogP contribution in [0.3, 0.4) is 0 Å². The Balaban J connectivity index is 2.28. The van der Waals surface area contributed by atoms with E-state index >= 15 is 0 Å². The lowest BCUT2D eigenvalue weighted by Gasteiger charge is -2.03. The summed E-state index contributed by atoms with van der Waals surface area (Å²) in [5, 5.41) is 0. The molecule has 0 fully saturated rings. The van der Waals surface area contributed by atoms with E-state index in [2.05, 4.69) is 15.0 Å². The van der Waals surface area contributed by atoms with E-state index in [9.17, 15) is 8.42 Å². The number of rotatable bonds is 2. The zero-order chi connectivity index (χ0) is 15.2. The van der Waals surface area contributed by atoms with Gasteiger partial charge in [0.15, 0.2) is 21.5 Å². The standard InChI is InChI=1S/C13H13N5O2S/c1-18-10-4-3-8(21(2,19)20)7-9(10)17-13(18)11-12(14)16-6-5-15-11/h3-7H,1-2H3,(H2,14,16). The normalized spacial score (nSPS) is 11.9. The van der Waals surface area contributed by atoms with E-state index in [-0.39, 0.29) is 10.7 Å². The highest BCUT2D eigenvalue weighted by molar-refractivity contribution is 7.90. The van der Waals surface area contributed by atoms with Crippen molar-refractivity contribution in [3.05, 3.63) is 30.6 Å². The smallest absolute Gasteiger partial charge is 0.175 e. The Morgan fingerprint density at radius 2 is 1.90 bits per heavy atom. The van der Waals surface area contributed by atoms with Crippen LogP contribution in [0.2, 0.25) is 0 Å². The summed E-state index contributed by atoms with van der Waals surface area (Å²) in [7, 11) is -1.45. The molecule has 7 nitrogen and oxygen atoms in total. The summed E-state index contributed by atoms with van der Waals surface area (Å²) >= 11 is 0. The molecule has 0 radical (unpaired) electrons. The molecule has 21 heavy (non-hydrogen) atoms. The van der Waals surface area contributed by atoms with Crippen LogP contribution in [0.15, 0.2) is 35.5 Å². The second-order valence-electron chi connectivity index (χ2n) is 4.71. The van der Waals surface area contributed by atoms with Gasteiger partial charge < -0.3 is 10.3 Å². The molecule has 2 N–H and O–H groups in total. The summed E-state index contributed by atoms with van der Waals surface area (Å²) < 4.78 is 25.0. The van der Waals surface area contributed by atoms with E-state index < -0.39 is 9.84 Å². The Morgan fingerprint density at radius 1 is 1.19 bits per heavy atom. The maximum Gasteiger partial charge on any atom is 0.175 e. The van der Waals surface area contributed by atoms with Gasteiger partial charge in [-0.1, -0.05) is 0 Å². The van der Waals surface area contributed by atoms with Crippen LogP contribution >= 0.6 is 0 Å². The van der Waals surface area contributed by atoms with E-state index in [0.29, 0.717) is 17.0 Å². The minimum atomic E-state index is -3.27. The van der Waals surface area contributed by atoms with Crippen molar-refractivity contribution in [1.29, 1.82) is 0 Å². The summed E-state index contributed by atoms with van der Waals surface area (Å²) in [5.74, 6) is 0.820. The molecular formula is C13H13N5O2S. The van der Waals surface area contributed by atoms with Gasteiger partial charge >= 0.3 is 0 Å². The second-order valence-corrected chi connectivity index (χ2v) is 6.72. The van der Waals surface area contributed by atoms with Crippen LogP contribution in [0.4, 0.5) is 5.82 Å². The molecule has 0 aliphatic carbocycles. The molecule has 1 aromatic carbocycles. The molecule has 0 atom stereocenters. The fourth-order valence-corrected chi connectivity index (χ4v) is 2.78. The minimum Gasteiger partial charge on any atom is -0.382 e. The molecule has 0 saturated carbocycles. The molecule has 0 aliphatic rings. The van der Waals surface area contributed by atoms with Crippen LogP contribution in [0.25, 0.3) is 22.6 Å². The molecule has 2 heterocycles. The number of sulfone groups is 1. The highest BCUT2D eigenvalue weighted by Gasteiger charge is 2.16. The number of imidazole rings is 1. The Kier molecular flexibility index (Phi) is 2.91. The van der Waals surface area contributed by atoms with Crippen molar-refractivity contribution >= 4 is 26.7 Å². The van der Waals surface area contributed by atoms with Crippen molar-refractivity contribution < 1.29 is 8.42 Å². The number of hydrogen-bond donors (Lipinski definition) is 1. The van der Waals surface area contributed by atoms with Gasteiger partial charge in [0.2, 0.25) is 0 Å². The fourth-order valence-electron chi connectivity index (χ4n) is 2.14. The number of aryl methyl sites for hydroxylation is 1. The van der Waals surface area contributed by atoms with Gasteiger partial charge in [0.1, 0.15) is 5.69 Å². The van der Waals surface area contributed by atoms with Gasteiger partial charge in [-0.15, -0.1) is 0 Å². The Bertz CT molecular complexity index is 946. The number of hydrogen-bond acceptors (Lipinski definition) is 6. The molecule has 2 aromatic heterocycles. The van der Waals surface area contributed by atoms with E-state index in [0.717, 1.165) is 5.52 Å². The molecule has 0 saturated heterocycles. The number of nitrogen functional groups attached to an aromatic ring is 1. The van der Waals surface area contributed by atoms with E-state index in [4.69, 9.17) is 5.73 Å². The Hall–Kier alpha value is -2.48. The number of nitrogens with zero attached hydrogens (tertiary/aromatic N) is 4. The molecular weight excluding hydrogens is 290 g/mol. The monoisotopic (exact) mass is 303 g/mol. The predicted molar refractivity (Wildman–Crippen MR) is 79.3 cm³/mol. The molecule has 0 spiro atoms. The number of benzene rings is 1. The van der Waals surface area contributed by atoms with Gasteiger partial charge in [0.25, 0.3) is 0 Å². The van der Waals surface area contributed by atoms with Gasteiger partial charge in [0, 0.05) is 25.7 Å². The van der Waals surface area contributed by atoms with Crippen LogP contribution < -0.4 is 5.73 Å². The first-order chi connectivity index (χ1) is 9.88. The lowest BCUT2D eigenvalue weighted by atomic mass is 10.3. The van der Waals surface area contributed by atoms with Gasteiger partial charge in [-0.05, 0) is 18.2 Å². The van der Waals surface area contributed by atoms with Gasteiger partial charge in [-0.2, -0.15) is 0 Å². The van der Waals surface area contributed by atoms with Gasteiger partial charge in [-0.25, -0.2) is 23.4 Å². The Labute approximate surface area is 121 Å². The maximum atomic E-state index is 11.6. The van der Waals surface area contributed by atoms with Crippen LogP contribution in [-0.2, 0) is 16.9 Å². The van der Waals surface area contributed by atoms with Crippen LogP contribution in [-0.4, -0.2) is 34.2 Å². The van der Waals surface area contributed by atoms with Gasteiger partial charge in [-0.3, -0.25) is 0 Å². The molecule has 0 amide bonds. The van der Waals surface area contributed by atoms with Crippen molar-refractivity contribution in [2.75, 3.05) is 12.0 Å². The third-order valence-corrected chi connectivity index (χ3v) is 4.33. The summed E-state index contributed by atoms with van der Waals surface area (Å²) in [5.41, 5.74) is 7.65. The number of anilines is 1. The molecule has 8 heteroatoms. The van der Waals surface area contributed by atoms with Crippen molar-refractivity contribution in [3.8, 4) is 11.5 Å².